The number of primary amides is 1. The maximum atomic E-state index is 12.3. The van der Waals surface area contributed by atoms with Gasteiger partial charge in [0.2, 0.25) is 5.91 Å². The van der Waals surface area contributed by atoms with E-state index in [2.05, 4.69) is 15.4 Å². The Bertz CT molecular complexity index is 746. The number of hydrogen-bond acceptors (Lipinski definition) is 5. The zero-order chi connectivity index (χ0) is 16.2. The molecule has 2 heterocycles. The van der Waals surface area contributed by atoms with Crippen molar-refractivity contribution in [2.24, 2.45) is 10.8 Å². The van der Waals surface area contributed by atoms with E-state index in [0.717, 1.165) is 0 Å². The molecule has 0 aliphatic carbocycles. The van der Waals surface area contributed by atoms with Crippen molar-refractivity contribution in [3.8, 4) is 0 Å². The van der Waals surface area contributed by atoms with Crippen molar-refractivity contribution in [3.63, 3.8) is 0 Å². The molecular formula is C16H15N5O2. The van der Waals surface area contributed by atoms with Gasteiger partial charge in [0, 0.05) is 12.6 Å². The predicted octanol–water partition coefficient (Wildman–Crippen LogP) is 1.14. The highest BCUT2D eigenvalue weighted by Gasteiger charge is 2.34. The molecule has 1 aromatic carbocycles. The molecule has 0 saturated carbocycles. The second kappa shape index (κ2) is 6.27. The quantitative estimate of drug-likeness (QED) is 0.884. The molecule has 0 bridgehead atoms. The Hall–Kier alpha value is -3.22. The van der Waals surface area contributed by atoms with Crippen LogP contribution in [0.2, 0.25) is 0 Å². The number of benzene rings is 1. The fourth-order valence-corrected chi connectivity index (χ4v) is 2.33. The number of nitrogens with one attached hydrogen (secondary N) is 1. The lowest BCUT2D eigenvalue weighted by Gasteiger charge is -2.20. The normalized spacial score (nSPS) is 16.8. The van der Waals surface area contributed by atoms with E-state index in [0.29, 0.717) is 11.4 Å². The Balaban J connectivity index is 1.82. The van der Waals surface area contributed by atoms with Crippen LogP contribution in [0.3, 0.4) is 0 Å². The lowest BCUT2D eigenvalue weighted by atomic mass is 10.1. The number of anilines is 2. The van der Waals surface area contributed by atoms with Crippen LogP contribution in [0.1, 0.15) is 6.42 Å². The van der Waals surface area contributed by atoms with Crippen molar-refractivity contribution in [1.29, 1.82) is 0 Å². The van der Waals surface area contributed by atoms with Gasteiger partial charge in [-0.3, -0.25) is 19.6 Å². The lowest BCUT2D eigenvalue weighted by Crippen LogP contribution is -2.39. The zero-order valence-corrected chi connectivity index (χ0v) is 12.2. The van der Waals surface area contributed by atoms with Crippen molar-refractivity contribution in [3.05, 3.63) is 54.9 Å². The van der Waals surface area contributed by atoms with E-state index in [-0.39, 0.29) is 18.0 Å². The van der Waals surface area contributed by atoms with Crippen molar-refractivity contribution in [1.82, 2.24) is 4.98 Å². The minimum atomic E-state index is -0.674. The standard InChI is InChI=1S/C16H15N5O2/c17-15(22)14-9-13(16(23)19-11-5-4-8-18-10-11)20-21(14)12-6-2-1-3-7-12/h1-8,10,14H,9H2,(H2,17,22)(H,19,23)/t14-/m0/s1. The van der Waals surface area contributed by atoms with Crippen molar-refractivity contribution in [2.45, 2.75) is 12.5 Å². The molecule has 0 unspecified atom stereocenters. The van der Waals surface area contributed by atoms with Gasteiger partial charge >= 0.3 is 0 Å². The summed E-state index contributed by atoms with van der Waals surface area (Å²) in [5.41, 5.74) is 6.97. The number of aromatic nitrogens is 1. The number of nitrogens with two attached hydrogens (primary N) is 1. The molecule has 1 aliphatic heterocycles. The van der Waals surface area contributed by atoms with E-state index in [9.17, 15) is 9.59 Å². The van der Waals surface area contributed by atoms with Gasteiger partial charge in [-0.15, -0.1) is 0 Å². The number of amides is 2. The molecule has 3 N–H and O–H groups in total. The lowest BCUT2D eigenvalue weighted by molar-refractivity contribution is -0.119. The first-order valence-corrected chi connectivity index (χ1v) is 7.07. The summed E-state index contributed by atoms with van der Waals surface area (Å²) in [6, 6.07) is 11.9. The molecule has 0 spiro atoms. The molecule has 23 heavy (non-hydrogen) atoms. The van der Waals surface area contributed by atoms with E-state index in [1.807, 2.05) is 18.2 Å². The Morgan fingerprint density at radius 2 is 1.96 bits per heavy atom. The van der Waals surface area contributed by atoms with Crippen LogP contribution in [0.5, 0.6) is 0 Å². The molecule has 7 heteroatoms. The number of nitrogens with zero attached hydrogens (tertiary/aromatic N) is 3. The monoisotopic (exact) mass is 309 g/mol. The van der Waals surface area contributed by atoms with Crippen LogP contribution in [-0.2, 0) is 9.59 Å². The molecule has 2 amide bonds. The summed E-state index contributed by atoms with van der Waals surface area (Å²) in [6.07, 6.45) is 3.31. The van der Waals surface area contributed by atoms with Crippen LogP contribution in [0.15, 0.2) is 60.0 Å². The Morgan fingerprint density at radius 3 is 2.61 bits per heavy atom. The van der Waals surface area contributed by atoms with Crippen LogP contribution in [0.4, 0.5) is 11.4 Å². The summed E-state index contributed by atoms with van der Waals surface area (Å²) in [6.45, 7) is 0. The Morgan fingerprint density at radius 1 is 1.17 bits per heavy atom. The van der Waals surface area contributed by atoms with Gasteiger partial charge in [-0.05, 0) is 24.3 Å². The fraction of sp³-hybridized carbons (Fsp3) is 0.125. The Kier molecular flexibility index (Phi) is 4.01. The highest BCUT2D eigenvalue weighted by Crippen LogP contribution is 2.24. The molecule has 2 aromatic rings. The van der Waals surface area contributed by atoms with Gasteiger partial charge in [0.25, 0.3) is 5.91 Å². The smallest absolute Gasteiger partial charge is 0.272 e. The average molecular weight is 309 g/mol. The molecule has 7 nitrogen and oxygen atoms in total. The van der Waals surface area contributed by atoms with Gasteiger partial charge in [0.1, 0.15) is 11.8 Å². The van der Waals surface area contributed by atoms with Gasteiger partial charge in [0.05, 0.1) is 17.6 Å². The maximum Gasteiger partial charge on any atom is 0.272 e. The van der Waals surface area contributed by atoms with Crippen molar-refractivity contribution >= 4 is 28.9 Å². The third-order valence-corrected chi connectivity index (χ3v) is 3.44. The average Bonchev–Trinajstić information content (AvgIpc) is 3.02. The minimum Gasteiger partial charge on any atom is -0.368 e. The SMILES string of the molecule is NC(=O)[C@@H]1CC(C(=O)Nc2cccnc2)=NN1c1ccccc1. The van der Waals surface area contributed by atoms with Gasteiger partial charge in [-0.2, -0.15) is 5.10 Å². The third-order valence-electron chi connectivity index (χ3n) is 3.44. The molecule has 1 atom stereocenters. The second-order valence-electron chi connectivity index (χ2n) is 5.04. The highest BCUT2D eigenvalue weighted by molar-refractivity contribution is 6.44. The largest absolute Gasteiger partial charge is 0.368 e. The highest BCUT2D eigenvalue weighted by atomic mass is 16.2. The van der Waals surface area contributed by atoms with E-state index in [1.54, 1.807) is 30.5 Å². The number of pyridine rings is 1. The van der Waals surface area contributed by atoms with Crippen LogP contribution < -0.4 is 16.1 Å². The van der Waals surface area contributed by atoms with E-state index in [1.165, 1.54) is 11.2 Å². The molecule has 0 radical (unpaired) electrons. The summed E-state index contributed by atoms with van der Waals surface area (Å²) in [4.78, 5) is 27.9. The molecule has 1 aromatic heterocycles. The summed E-state index contributed by atoms with van der Waals surface area (Å²) in [5.74, 6) is -0.899. The van der Waals surface area contributed by atoms with Gasteiger partial charge in [0.15, 0.2) is 0 Å². The number of hydrazone groups is 1. The van der Waals surface area contributed by atoms with Gasteiger partial charge in [-0.25, -0.2) is 0 Å². The first-order valence-electron chi connectivity index (χ1n) is 7.07. The molecular weight excluding hydrogens is 294 g/mol. The van der Waals surface area contributed by atoms with E-state index in [4.69, 9.17) is 5.73 Å². The van der Waals surface area contributed by atoms with Crippen LogP contribution in [0.25, 0.3) is 0 Å². The minimum absolute atomic E-state index is 0.163. The molecule has 3 rings (SSSR count). The van der Waals surface area contributed by atoms with Crippen LogP contribution in [0, 0.1) is 0 Å². The second-order valence-corrected chi connectivity index (χ2v) is 5.04. The molecule has 116 valence electrons. The third kappa shape index (κ3) is 3.18. The summed E-state index contributed by atoms with van der Waals surface area (Å²) >= 11 is 0. The van der Waals surface area contributed by atoms with Gasteiger partial charge in [-0.1, -0.05) is 18.2 Å². The topological polar surface area (TPSA) is 101 Å². The fourth-order valence-electron chi connectivity index (χ4n) is 2.33. The molecule has 0 fully saturated rings. The summed E-state index contributed by atoms with van der Waals surface area (Å²) < 4.78 is 0. The number of para-hydroxylation sites is 1. The summed E-state index contributed by atoms with van der Waals surface area (Å²) in [5, 5.41) is 8.46. The van der Waals surface area contributed by atoms with Gasteiger partial charge < -0.3 is 11.1 Å². The summed E-state index contributed by atoms with van der Waals surface area (Å²) in [7, 11) is 0. The van der Waals surface area contributed by atoms with E-state index < -0.39 is 11.9 Å². The number of carbonyl (C=O) groups excluding carboxylic acids is 2. The van der Waals surface area contributed by atoms with Crippen molar-refractivity contribution < 1.29 is 9.59 Å². The van der Waals surface area contributed by atoms with Crippen molar-refractivity contribution in [2.75, 3.05) is 10.3 Å². The predicted molar refractivity (Wildman–Crippen MR) is 86.8 cm³/mol. The number of hydrogen-bond donors (Lipinski definition) is 2. The van der Waals surface area contributed by atoms with Crippen LogP contribution >= 0.6 is 0 Å². The van der Waals surface area contributed by atoms with E-state index >= 15 is 0 Å². The number of rotatable bonds is 4. The number of carbonyl (C=O) groups is 2. The molecule has 1 aliphatic rings. The zero-order valence-electron chi connectivity index (χ0n) is 12.2. The first-order chi connectivity index (χ1) is 11.1. The van der Waals surface area contributed by atoms with Crippen LogP contribution in [-0.4, -0.2) is 28.6 Å². The first kappa shape index (κ1) is 14.7. The maximum absolute atomic E-state index is 12.3. The Labute approximate surface area is 132 Å². The molecule has 0 saturated heterocycles.